The van der Waals surface area contributed by atoms with Crippen molar-refractivity contribution in [2.75, 3.05) is 0 Å². The number of hydrogen-bond acceptors (Lipinski definition) is 4. The third kappa shape index (κ3) is 17.3. The van der Waals surface area contributed by atoms with E-state index in [0.29, 0.717) is 0 Å². The van der Waals surface area contributed by atoms with Crippen molar-refractivity contribution >= 4 is 43.1 Å². The van der Waals surface area contributed by atoms with Crippen molar-refractivity contribution in [1.82, 2.24) is 0 Å². The normalized spacial score (nSPS) is 7.33. The van der Waals surface area contributed by atoms with Gasteiger partial charge >= 0.3 is 37.4 Å². The van der Waals surface area contributed by atoms with E-state index in [1.807, 2.05) is 0 Å². The first kappa shape index (κ1) is 42.8. The molecule has 0 heterocycles. The van der Waals surface area contributed by atoms with Crippen LogP contribution in [0.2, 0.25) is 0 Å². The molecule has 0 bridgehead atoms. The number of rotatable bonds is 3. The summed E-state index contributed by atoms with van der Waals surface area (Å²) in [6.45, 7) is 0. The molecule has 0 spiro atoms. The number of nitro benzene ring substituents is 1. The second kappa shape index (κ2) is 17.4. The van der Waals surface area contributed by atoms with Crippen molar-refractivity contribution in [3.05, 3.63) is 34.4 Å². The van der Waals surface area contributed by atoms with E-state index >= 15 is 0 Å². The molecule has 0 saturated heterocycles. The molecule has 0 aliphatic heterocycles. The van der Waals surface area contributed by atoms with Crippen LogP contribution in [-0.4, -0.2) is 77.1 Å². The maximum atomic E-state index is 10.4. The molecule has 0 fully saturated rings. The third-order valence-corrected chi connectivity index (χ3v) is 1.72. The van der Waals surface area contributed by atoms with Gasteiger partial charge in [-0.25, -0.2) is 4.57 Å². The Bertz CT molecular complexity index is 393. The second-order valence-corrected chi connectivity index (χ2v) is 3.50. The van der Waals surface area contributed by atoms with Crippen LogP contribution in [0.5, 0.6) is 5.75 Å². The standard InChI is InChI=1S/C6H6NO6P.Na.6H2O.H/c8-7(9)5-1-3-6(4-2-5)13-14(10,11)12;;;;;;;;/h1-4H,(H2,10,11,12);;6*1H2;. The maximum absolute atomic E-state index is 10.4. The summed E-state index contributed by atoms with van der Waals surface area (Å²) in [5.41, 5.74) is -0.178. The molecule has 14 N–H and O–H groups in total. The van der Waals surface area contributed by atoms with Gasteiger partial charge in [-0.15, -0.1) is 0 Å². The number of nitrogens with zero attached hydrogens (tertiary/aromatic N) is 1. The summed E-state index contributed by atoms with van der Waals surface area (Å²) in [6, 6.07) is 4.39. The summed E-state index contributed by atoms with van der Waals surface area (Å²) >= 11 is 0. The first-order valence-electron chi connectivity index (χ1n) is 3.38. The summed E-state index contributed by atoms with van der Waals surface area (Å²) in [5.74, 6) is -0.121. The van der Waals surface area contributed by atoms with Crippen LogP contribution in [0.1, 0.15) is 0 Å². The Labute approximate surface area is 140 Å². The van der Waals surface area contributed by atoms with Gasteiger partial charge in [-0.3, -0.25) is 19.9 Å². The predicted molar refractivity (Wildman–Crippen MR) is 74.6 cm³/mol. The topological polar surface area (TPSA) is 299 Å². The number of non-ortho nitro benzene ring substituents is 1. The van der Waals surface area contributed by atoms with E-state index in [1.165, 1.54) is 0 Å². The van der Waals surface area contributed by atoms with Crippen molar-refractivity contribution in [1.29, 1.82) is 0 Å². The molecular weight excluding hydrogens is 332 g/mol. The fourth-order valence-electron chi connectivity index (χ4n) is 0.766. The Morgan fingerprint density at radius 1 is 0.952 bits per heavy atom. The Morgan fingerprint density at radius 3 is 1.52 bits per heavy atom. The van der Waals surface area contributed by atoms with Crippen LogP contribution in [0.4, 0.5) is 5.69 Å². The van der Waals surface area contributed by atoms with E-state index in [1.54, 1.807) is 0 Å². The fraction of sp³-hybridized carbons (Fsp3) is 0. The Balaban J connectivity index is -0.0000000560. The summed E-state index contributed by atoms with van der Waals surface area (Å²) < 4.78 is 14.5. The molecule has 13 nitrogen and oxygen atoms in total. The van der Waals surface area contributed by atoms with Crippen molar-refractivity contribution in [3.63, 3.8) is 0 Å². The van der Waals surface area contributed by atoms with Crippen LogP contribution in [0, 0.1) is 10.1 Å². The zero-order valence-electron chi connectivity index (χ0n) is 9.73. The van der Waals surface area contributed by atoms with Crippen molar-refractivity contribution in [3.8, 4) is 5.75 Å². The molecular formula is C6H19NNaO12P. The van der Waals surface area contributed by atoms with Crippen LogP contribution >= 0.6 is 7.82 Å². The van der Waals surface area contributed by atoms with Gasteiger partial charge in [0.15, 0.2) is 0 Å². The zero-order chi connectivity index (χ0) is 10.8. The molecule has 15 heteroatoms. The van der Waals surface area contributed by atoms with Gasteiger partial charge < -0.3 is 37.4 Å². The van der Waals surface area contributed by atoms with Gasteiger partial charge in [0, 0.05) is 12.1 Å². The molecule has 0 unspecified atom stereocenters. The van der Waals surface area contributed by atoms with Crippen molar-refractivity contribution in [2.24, 2.45) is 0 Å². The van der Waals surface area contributed by atoms with Crippen LogP contribution in [0.25, 0.3) is 0 Å². The minimum absolute atomic E-state index is 0. The van der Waals surface area contributed by atoms with Crippen molar-refractivity contribution in [2.45, 2.75) is 0 Å². The number of phosphoric ester groups is 1. The molecule has 1 rings (SSSR count). The van der Waals surface area contributed by atoms with Crippen molar-refractivity contribution < 1.29 is 56.7 Å². The molecule has 0 amide bonds. The van der Waals surface area contributed by atoms with Gasteiger partial charge in [-0.2, -0.15) is 0 Å². The van der Waals surface area contributed by atoms with E-state index in [9.17, 15) is 14.7 Å². The van der Waals surface area contributed by atoms with Gasteiger partial charge in [0.05, 0.1) is 4.92 Å². The number of hydrogen-bond donors (Lipinski definition) is 2. The average molecular weight is 351 g/mol. The molecule has 0 aliphatic carbocycles. The molecule has 0 aromatic heterocycles. The first-order chi connectivity index (χ1) is 6.38. The van der Waals surface area contributed by atoms with E-state index in [0.717, 1.165) is 24.3 Å². The fourth-order valence-corrected chi connectivity index (χ4v) is 1.16. The van der Waals surface area contributed by atoms with E-state index < -0.39 is 12.7 Å². The van der Waals surface area contributed by atoms with Crippen LogP contribution in [0.15, 0.2) is 24.3 Å². The predicted octanol–water partition coefficient (Wildman–Crippen LogP) is -4.53. The summed E-state index contributed by atoms with van der Waals surface area (Å²) in [4.78, 5) is 26.4. The van der Waals surface area contributed by atoms with Crippen LogP contribution in [0.3, 0.4) is 0 Å². The molecule has 21 heavy (non-hydrogen) atoms. The zero-order valence-corrected chi connectivity index (χ0v) is 10.6. The van der Waals surface area contributed by atoms with E-state index in [2.05, 4.69) is 4.52 Å². The summed E-state index contributed by atoms with van der Waals surface area (Å²) in [7, 11) is -4.60. The Kier molecular flexibility index (Phi) is 35.4. The minimum atomic E-state index is -4.60. The average Bonchev–Trinajstić information content (AvgIpc) is 2.02. The van der Waals surface area contributed by atoms with E-state index in [4.69, 9.17) is 9.79 Å². The monoisotopic (exact) mass is 351 g/mol. The van der Waals surface area contributed by atoms with Gasteiger partial charge in [0.2, 0.25) is 0 Å². The molecule has 126 valence electrons. The van der Waals surface area contributed by atoms with Crippen LogP contribution in [-0.2, 0) is 4.57 Å². The van der Waals surface area contributed by atoms with Crippen LogP contribution < -0.4 is 4.52 Å². The number of benzene rings is 1. The molecule has 0 aliphatic rings. The summed E-state index contributed by atoms with van der Waals surface area (Å²) in [5, 5.41) is 10.2. The number of phosphoric acid groups is 1. The van der Waals surface area contributed by atoms with Gasteiger partial charge in [0.1, 0.15) is 5.75 Å². The third-order valence-electron chi connectivity index (χ3n) is 1.27. The Hall–Kier alpha value is -0.670. The molecule has 1 aromatic rings. The molecule has 0 radical (unpaired) electrons. The number of nitro groups is 1. The Morgan fingerprint density at radius 2 is 1.29 bits per heavy atom. The second-order valence-electron chi connectivity index (χ2n) is 2.33. The van der Waals surface area contributed by atoms with Gasteiger partial charge in [-0.05, 0) is 12.1 Å². The van der Waals surface area contributed by atoms with Gasteiger partial charge in [0.25, 0.3) is 5.69 Å². The first-order valence-corrected chi connectivity index (χ1v) is 4.91. The summed E-state index contributed by atoms with van der Waals surface area (Å²) in [6.07, 6.45) is 0. The molecule has 0 atom stereocenters. The molecule has 0 saturated carbocycles. The quantitative estimate of drug-likeness (QED) is 0.233. The molecule has 1 aromatic carbocycles. The van der Waals surface area contributed by atoms with E-state index in [-0.39, 0.29) is 73.9 Å². The SMILES string of the molecule is O.O.O.O.O.O.O=[N+]([O-])c1ccc(OP(=O)(O)O)cc1.[NaH]. The van der Waals surface area contributed by atoms with Gasteiger partial charge in [-0.1, -0.05) is 0 Å².